The van der Waals surface area contributed by atoms with Crippen molar-refractivity contribution in [2.45, 2.75) is 19.6 Å². The standard InChI is InChI=1S/C26H24N6O4/c1-35-20-10-8-17(9-11-20)15-32-25(33)30-24(29-14-19-6-4-12-28-23(19)27)31(26(32)34)16-21-13-18-5-2-3-7-22(18)36-21/h2-13H,14-16H2,1H3,(H2,27,28)(H,29,30,33). The zero-order chi connectivity index (χ0) is 25.1. The molecule has 0 bridgehead atoms. The van der Waals surface area contributed by atoms with E-state index in [9.17, 15) is 9.59 Å². The van der Waals surface area contributed by atoms with Gasteiger partial charge < -0.3 is 20.2 Å². The van der Waals surface area contributed by atoms with E-state index in [1.165, 1.54) is 4.57 Å². The van der Waals surface area contributed by atoms with Gasteiger partial charge in [-0.05, 0) is 35.9 Å². The highest BCUT2D eigenvalue weighted by Gasteiger charge is 2.16. The third kappa shape index (κ3) is 4.69. The van der Waals surface area contributed by atoms with Crippen molar-refractivity contribution >= 4 is 22.7 Å². The van der Waals surface area contributed by atoms with E-state index in [2.05, 4.69) is 15.3 Å². The maximum atomic E-state index is 13.6. The van der Waals surface area contributed by atoms with Crippen LogP contribution in [0.2, 0.25) is 0 Å². The van der Waals surface area contributed by atoms with Crippen LogP contribution in [0.15, 0.2) is 86.9 Å². The van der Waals surface area contributed by atoms with Crippen molar-refractivity contribution in [2.75, 3.05) is 18.2 Å². The minimum atomic E-state index is -0.668. The van der Waals surface area contributed by atoms with Gasteiger partial charge in [-0.1, -0.05) is 36.4 Å². The molecule has 36 heavy (non-hydrogen) atoms. The molecule has 0 radical (unpaired) electrons. The molecule has 0 saturated heterocycles. The van der Waals surface area contributed by atoms with E-state index in [1.54, 1.807) is 43.6 Å². The smallest absolute Gasteiger partial charge is 0.355 e. The van der Waals surface area contributed by atoms with Crippen LogP contribution in [0.5, 0.6) is 5.75 Å². The summed E-state index contributed by atoms with van der Waals surface area (Å²) in [6, 6.07) is 20.1. The SMILES string of the molecule is COc1ccc(Cn2c(=O)nc(NCc3cccnc3N)n(Cc3cc4ccccc4o3)c2=O)cc1. The van der Waals surface area contributed by atoms with Gasteiger partial charge in [0.15, 0.2) is 0 Å². The molecule has 0 atom stereocenters. The van der Waals surface area contributed by atoms with Gasteiger partial charge in [-0.2, -0.15) is 4.98 Å². The molecule has 0 saturated carbocycles. The average molecular weight is 485 g/mol. The number of rotatable bonds is 8. The van der Waals surface area contributed by atoms with Crippen molar-refractivity contribution < 1.29 is 9.15 Å². The topological polar surface area (TPSA) is 130 Å². The number of nitrogens with zero attached hydrogens (tertiary/aromatic N) is 4. The van der Waals surface area contributed by atoms with Gasteiger partial charge in [0.25, 0.3) is 0 Å². The fraction of sp³-hybridized carbons (Fsp3) is 0.154. The fourth-order valence-corrected chi connectivity index (χ4v) is 3.90. The zero-order valence-electron chi connectivity index (χ0n) is 19.5. The summed E-state index contributed by atoms with van der Waals surface area (Å²) in [6.45, 7) is 0.368. The predicted molar refractivity (Wildman–Crippen MR) is 136 cm³/mol. The lowest BCUT2D eigenvalue weighted by Gasteiger charge is -2.15. The number of fused-ring (bicyclic) bond motifs is 1. The second-order valence-electron chi connectivity index (χ2n) is 8.17. The van der Waals surface area contributed by atoms with Crippen LogP contribution in [-0.2, 0) is 19.6 Å². The molecule has 0 unspecified atom stereocenters. The summed E-state index contributed by atoms with van der Waals surface area (Å²) in [5.41, 5.74) is 6.94. The Morgan fingerprint density at radius 1 is 1.00 bits per heavy atom. The Labute approximate surface area is 205 Å². The summed E-state index contributed by atoms with van der Waals surface area (Å²) in [5.74, 6) is 1.70. The van der Waals surface area contributed by atoms with Crippen LogP contribution in [-0.4, -0.2) is 26.2 Å². The Morgan fingerprint density at radius 2 is 1.81 bits per heavy atom. The summed E-state index contributed by atoms with van der Waals surface area (Å²) in [7, 11) is 1.57. The molecule has 10 heteroatoms. The fourth-order valence-electron chi connectivity index (χ4n) is 3.90. The Morgan fingerprint density at radius 3 is 2.56 bits per heavy atom. The molecule has 5 rings (SSSR count). The number of furan rings is 1. The second kappa shape index (κ2) is 9.79. The van der Waals surface area contributed by atoms with E-state index in [-0.39, 0.29) is 25.6 Å². The number of benzene rings is 2. The van der Waals surface area contributed by atoms with E-state index < -0.39 is 11.4 Å². The molecule has 3 aromatic heterocycles. The number of methoxy groups -OCH3 is 1. The molecule has 0 fully saturated rings. The van der Waals surface area contributed by atoms with Gasteiger partial charge >= 0.3 is 11.4 Å². The van der Waals surface area contributed by atoms with Gasteiger partial charge in [0.1, 0.15) is 22.9 Å². The predicted octanol–water partition coefficient (Wildman–Crippen LogP) is 2.85. The number of ether oxygens (including phenoxy) is 1. The Balaban J connectivity index is 1.53. The largest absolute Gasteiger partial charge is 0.497 e. The summed E-state index contributed by atoms with van der Waals surface area (Å²) >= 11 is 0. The maximum Gasteiger partial charge on any atom is 0.355 e. The zero-order valence-corrected chi connectivity index (χ0v) is 19.5. The number of hydrogen-bond donors (Lipinski definition) is 2. The third-order valence-electron chi connectivity index (χ3n) is 5.80. The molecule has 0 amide bonds. The normalized spacial score (nSPS) is 11.0. The molecule has 3 N–H and O–H groups in total. The number of para-hydroxylation sites is 1. The first-order valence-electron chi connectivity index (χ1n) is 11.3. The van der Waals surface area contributed by atoms with Crippen molar-refractivity contribution in [3.05, 3.63) is 111 Å². The van der Waals surface area contributed by atoms with Gasteiger partial charge in [-0.15, -0.1) is 0 Å². The molecule has 2 aromatic carbocycles. The van der Waals surface area contributed by atoms with Crippen molar-refractivity contribution in [1.29, 1.82) is 0 Å². The first-order valence-corrected chi connectivity index (χ1v) is 11.3. The third-order valence-corrected chi connectivity index (χ3v) is 5.80. The van der Waals surface area contributed by atoms with Crippen LogP contribution >= 0.6 is 0 Å². The summed E-state index contributed by atoms with van der Waals surface area (Å²) in [5, 5.41) is 3.99. The Hall–Kier alpha value is -4.86. The molecular weight excluding hydrogens is 460 g/mol. The Bertz CT molecular complexity index is 1600. The monoisotopic (exact) mass is 484 g/mol. The highest BCUT2D eigenvalue weighted by atomic mass is 16.5. The van der Waals surface area contributed by atoms with Gasteiger partial charge in [0.05, 0.1) is 20.2 Å². The second-order valence-corrected chi connectivity index (χ2v) is 8.17. The van der Waals surface area contributed by atoms with Crippen LogP contribution in [0.3, 0.4) is 0 Å². The minimum absolute atomic E-state index is 0.0601. The number of nitrogen functional groups attached to an aromatic ring is 1. The first kappa shape index (κ1) is 22.9. The quantitative estimate of drug-likeness (QED) is 0.344. The van der Waals surface area contributed by atoms with E-state index in [0.717, 1.165) is 15.5 Å². The number of aromatic nitrogens is 4. The lowest BCUT2D eigenvalue weighted by atomic mass is 10.2. The Kier molecular flexibility index (Phi) is 6.23. The molecule has 3 heterocycles. The molecule has 10 nitrogen and oxygen atoms in total. The van der Waals surface area contributed by atoms with Crippen LogP contribution < -0.4 is 27.2 Å². The molecule has 182 valence electrons. The van der Waals surface area contributed by atoms with E-state index in [0.29, 0.717) is 28.5 Å². The van der Waals surface area contributed by atoms with Gasteiger partial charge in [0, 0.05) is 23.7 Å². The summed E-state index contributed by atoms with van der Waals surface area (Å²) in [4.78, 5) is 34.8. The molecule has 0 aliphatic rings. The maximum absolute atomic E-state index is 13.6. The van der Waals surface area contributed by atoms with Gasteiger partial charge in [-0.25, -0.2) is 19.1 Å². The average Bonchev–Trinajstić information content (AvgIpc) is 3.31. The van der Waals surface area contributed by atoms with Crippen molar-refractivity contribution in [2.24, 2.45) is 0 Å². The van der Waals surface area contributed by atoms with Crippen molar-refractivity contribution in [3.8, 4) is 5.75 Å². The van der Waals surface area contributed by atoms with Crippen molar-refractivity contribution in [1.82, 2.24) is 19.1 Å². The minimum Gasteiger partial charge on any atom is -0.497 e. The van der Waals surface area contributed by atoms with Crippen LogP contribution in [0.25, 0.3) is 11.0 Å². The van der Waals surface area contributed by atoms with Gasteiger partial charge in [0.2, 0.25) is 5.95 Å². The highest BCUT2D eigenvalue weighted by molar-refractivity contribution is 5.77. The van der Waals surface area contributed by atoms with E-state index in [1.807, 2.05) is 36.4 Å². The van der Waals surface area contributed by atoms with E-state index >= 15 is 0 Å². The number of nitrogens with two attached hydrogens (primary N) is 1. The van der Waals surface area contributed by atoms with Gasteiger partial charge in [-0.3, -0.25) is 4.57 Å². The van der Waals surface area contributed by atoms with Crippen LogP contribution in [0.1, 0.15) is 16.9 Å². The first-order chi connectivity index (χ1) is 17.5. The van der Waals surface area contributed by atoms with Crippen LogP contribution in [0, 0.1) is 0 Å². The lowest BCUT2D eigenvalue weighted by molar-refractivity contribution is 0.414. The number of nitrogens with one attached hydrogen (secondary N) is 1. The molecular formula is C26H24N6O4. The number of anilines is 2. The molecule has 0 spiro atoms. The summed E-state index contributed by atoms with van der Waals surface area (Å²) in [6.07, 6.45) is 1.59. The molecule has 0 aliphatic heterocycles. The number of hydrogen-bond acceptors (Lipinski definition) is 8. The van der Waals surface area contributed by atoms with E-state index in [4.69, 9.17) is 14.9 Å². The summed E-state index contributed by atoms with van der Waals surface area (Å²) < 4.78 is 13.6. The van der Waals surface area contributed by atoms with Crippen molar-refractivity contribution in [3.63, 3.8) is 0 Å². The number of pyridine rings is 1. The molecule has 0 aliphatic carbocycles. The highest BCUT2D eigenvalue weighted by Crippen LogP contribution is 2.20. The van der Waals surface area contributed by atoms with Crippen LogP contribution in [0.4, 0.5) is 11.8 Å². The lowest BCUT2D eigenvalue weighted by Crippen LogP contribution is -2.43. The molecule has 5 aromatic rings.